The molecule has 164 valence electrons. The number of amides is 1. The van der Waals surface area contributed by atoms with Gasteiger partial charge in [-0.25, -0.2) is 9.48 Å². The van der Waals surface area contributed by atoms with Gasteiger partial charge in [-0.05, 0) is 30.7 Å². The molecule has 1 atom stereocenters. The van der Waals surface area contributed by atoms with E-state index in [1.54, 1.807) is 30.1 Å². The summed E-state index contributed by atoms with van der Waals surface area (Å²) < 4.78 is 6.61. The van der Waals surface area contributed by atoms with Crippen LogP contribution in [-0.2, 0) is 16.0 Å². The fourth-order valence-electron chi connectivity index (χ4n) is 3.86. The predicted molar refractivity (Wildman–Crippen MR) is 118 cm³/mol. The number of aliphatic hydroxyl groups is 1. The number of nitrogens with zero attached hydrogens (tertiary/aromatic N) is 4. The lowest BCUT2D eigenvalue weighted by Gasteiger charge is -2.13. The van der Waals surface area contributed by atoms with Crippen molar-refractivity contribution in [2.75, 3.05) is 20.7 Å². The van der Waals surface area contributed by atoms with Crippen LogP contribution < -0.4 is 0 Å². The first kappa shape index (κ1) is 21.5. The molecule has 0 aliphatic carbocycles. The summed E-state index contributed by atoms with van der Waals surface area (Å²) in [6.07, 6.45) is 3.56. The molecule has 0 spiro atoms. The van der Waals surface area contributed by atoms with E-state index in [1.807, 2.05) is 25.1 Å². The van der Waals surface area contributed by atoms with Crippen LogP contribution in [-0.4, -0.2) is 63.0 Å². The quantitative estimate of drug-likeness (QED) is 0.501. The van der Waals surface area contributed by atoms with Crippen LogP contribution in [0.3, 0.4) is 0 Å². The van der Waals surface area contributed by atoms with Gasteiger partial charge in [0.15, 0.2) is 5.69 Å². The first-order chi connectivity index (χ1) is 15.4. The maximum absolute atomic E-state index is 12.4. The van der Waals surface area contributed by atoms with Gasteiger partial charge < -0.3 is 14.7 Å². The van der Waals surface area contributed by atoms with E-state index in [4.69, 9.17) is 4.74 Å². The molecule has 2 aromatic heterocycles. The van der Waals surface area contributed by atoms with Crippen molar-refractivity contribution >= 4 is 22.8 Å². The number of aromatic nitrogens is 3. The summed E-state index contributed by atoms with van der Waals surface area (Å²) in [6, 6.07) is 9.06. The average molecular weight is 432 g/mol. The zero-order chi connectivity index (χ0) is 22.9. The second-order valence-electron chi connectivity index (χ2n) is 7.79. The van der Waals surface area contributed by atoms with Crippen LogP contribution >= 0.6 is 0 Å². The standard InChI is InChI=1S/C24H24N4O4/c1-4-6-18-20-19(10-13-25-18)28(26-21(20)22(29)32-3)17-8-5-7-16(15-17)9-11-24(31)12-14-27(2)23(24)30/h5,7-8,10,13,15,31H,4,6,12,14H2,1-3H3/t24-/m0/s1. The molecule has 1 aromatic carbocycles. The molecule has 32 heavy (non-hydrogen) atoms. The van der Waals surface area contributed by atoms with Crippen LogP contribution in [0.2, 0.25) is 0 Å². The Hall–Kier alpha value is -3.70. The minimum absolute atomic E-state index is 0.212. The average Bonchev–Trinajstić information content (AvgIpc) is 3.32. The van der Waals surface area contributed by atoms with Gasteiger partial charge in [-0.15, -0.1) is 0 Å². The van der Waals surface area contributed by atoms with E-state index in [2.05, 4.69) is 21.9 Å². The summed E-state index contributed by atoms with van der Waals surface area (Å²) in [7, 11) is 2.97. The zero-order valence-corrected chi connectivity index (χ0v) is 18.3. The van der Waals surface area contributed by atoms with Gasteiger partial charge in [-0.3, -0.25) is 9.78 Å². The van der Waals surface area contributed by atoms with Gasteiger partial charge in [0, 0.05) is 31.8 Å². The van der Waals surface area contributed by atoms with Gasteiger partial charge in [0.2, 0.25) is 5.60 Å². The van der Waals surface area contributed by atoms with Gasteiger partial charge in [-0.1, -0.05) is 31.3 Å². The molecule has 1 fully saturated rings. The molecule has 0 bridgehead atoms. The Morgan fingerprint density at radius 1 is 1.34 bits per heavy atom. The molecule has 8 nitrogen and oxygen atoms in total. The molecule has 1 amide bonds. The fraction of sp³-hybridized carbons (Fsp3) is 0.333. The summed E-state index contributed by atoms with van der Waals surface area (Å²) in [6.45, 7) is 2.51. The van der Waals surface area contributed by atoms with E-state index >= 15 is 0 Å². The number of carbonyl (C=O) groups excluding carboxylic acids is 2. The van der Waals surface area contributed by atoms with Gasteiger partial charge in [0.1, 0.15) is 0 Å². The molecule has 0 radical (unpaired) electrons. The monoisotopic (exact) mass is 432 g/mol. The Labute approximate surface area is 185 Å². The number of ether oxygens (including phenoxy) is 1. The van der Waals surface area contributed by atoms with E-state index in [0.29, 0.717) is 29.6 Å². The number of pyridine rings is 1. The van der Waals surface area contributed by atoms with Crippen molar-refractivity contribution in [1.29, 1.82) is 0 Å². The van der Waals surface area contributed by atoms with Gasteiger partial charge in [0.05, 0.1) is 29.4 Å². The summed E-state index contributed by atoms with van der Waals surface area (Å²) in [5.74, 6) is 4.73. The molecule has 1 saturated heterocycles. The van der Waals surface area contributed by atoms with Crippen LogP contribution in [0.25, 0.3) is 16.6 Å². The van der Waals surface area contributed by atoms with Crippen LogP contribution in [0.1, 0.15) is 41.5 Å². The number of esters is 1. The van der Waals surface area contributed by atoms with Gasteiger partial charge >= 0.3 is 5.97 Å². The third-order valence-electron chi connectivity index (χ3n) is 5.55. The maximum Gasteiger partial charge on any atom is 0.359 e. The lowest BCUT2D eigenvalue weighted by molar-refractivity contribution is -0.137. The minimum Gasteiger partial charge on any atom is -0.464 e. The molecule has 1 N–H and O–H groups in total. The molecule has 0 unspecified atom stereocenters. The van der Waals surface area contributed by atoms with E-state index in [0.717, 1.165) is 17.6 Å². The van der Waals surface area contributed by atoms with Crippen molar-refractivity contribution < 1.29 is 19.4 Å². The molecule has 0 saturated carbocycles. The van der Waals surface area contributed by atoms with Gasteiger partial charge in [-0.2, -0.15) is 5.10 Å². The number of likely N-dealkylation sites (N-methyl/N-ethyl adjacent to an activating group) is 1. The zero-order valence-electron chi connectivity index (χ0n) is 18.3. The van der Waals surface area contributed by atoms with Crippen LogP contribution in [0.4, 0.5) is 0 Å². The smallest absolute Gasteiger partial charge is 0.359 e. The Morgan fingerprint density at radius 2 is 2.16 bits per heavy atom. The SMILES string of the molecule is CCCc1nccc2c1c(C(=O)OC)nn2-c1cccc(C#C[C@]2(O)CCN(C)C2=O)c1. The topological polar surface area (TPSA) is 97.5 Å². The van der Waals surface area contributed by atoms with Crippen LogP contribution in [0.15, 0.2) is 36.5 Å². The van der Waals surface area contributed by atoms with E-state index in [1.165, 1.54) is 12.0 Å². The number of aryl methyl sites for hydroxylation is 1. The second-order valence-corrected chi connectivity index (χ2v) is 7.79. The van der Waals surface area contributed by atoms with Crippen molar-refractivity contribution in [3.05, 3.63) is 53.5 Å². The van der Waals surface area contributed by atoms with E-state index in [-0.39, 0.29) is 12.1 Å². The lowest BCUT2D eigenvalue weighted by atomic mass is 10.0. The molecule has 1 aliphatic heterocycles. The van der Waals surface area contributed by atoms with Crippen molar-refractivity contribution in [1.82, 2.24) is 19.7 Å². The van der Waals surface area contributed by atoms with Crippen LogP contribution in [0.5, 0.6) is 0 Å². The Morgan fingerprint density at radius 3 is 2.84 bits per heavy atom. The number of benzene rings is 1. The summed E-state index contributed by atoms with van der Waals surface area (Å²) >= 11 is 0. The Bertz CT molecular complexity index is 1270. The highest BCUT2D eigenvalue weighted by molar-refractivity contribution is 6.03. The lowest BCUT2D eigenvalue weighted by Crippen LogP contribution is -2.37. The highest BCUT2D eigenvalue weighted by atomic mass is 16.5. The minimum atomic E-state index is -1.66. The van der Waals surface area contributed by atoms with E-state index in [9.17, 15) is 14.7 Å². The van der Waals surface area contributed by atoms with Crippen molar-refractivity contribution in [3.8, 4) is 17.5 Å². The van der Waals surface area contributed by atoms with Crippen LogP contribution in [0, 0.1) is 11.8 Å². The summed E-state index contributed by atoms with van der Waals surface area (Å²) in [5, 5.41) is 15.8. The van der Waals surface area contributed by atoms with Gasteiger partial charge in [0.25, 0.3) is 5.91 Å². The van der Waals surface area contributed by atoms with Crippen molar-refractivity contribution in [2.45, 2.75) is 31.8 Å². The second kappa shape index (κ2) is 8.44. The third kappa shape index (κ3) is 3.72. The number of carbonyl (C=O) groups is 2. The number of hydrogen-bond acceptors (Lipinski definition) is 6. The number of hydrogen-bond donors (Lipinski definition) is 1. The highest BCUT2D eigenvalue weighted by Gasteiger charge is 2.42. The molecule has 4 rings (SSSR count). The first-order valence-corrected chi connectivity index (χ1v) is 10.4. The van der Waals surface area contributed by atoms with Crippen molar-refractivity contribution in [2.24, 2.45) is 0 Å². The van der Waals surface area contributed by atoms with E-state index < -0.39 is 17.5 Å². The molecular formula is C24H24N4O4. The largest absolute Gasteiger partial charge is 0.464 e. The summed E-state index contributed by atoms with van der Waals surface area (Å²) in [5.41, 5.74) is 1.38. The first-order valence-electron chi connectivity index (χ1n) is 10.4. The normalized spacial score (nSPS) is 18.0. The molecule has 3 heterocycles. The Kier molecular flexibility index (Phi) is 5.68. The Balaban J connectivity index is 1.80. The predicted octanol–water partition coefficient (Wildman–Crippen LogP) is 2.10. The number of rotatable bonds is 4. The highest BCUT2D eigenvalue weighted by Crippen LogP contribution is 2.26. The van der Waals surface area contributed by atoms with Crippen molar-refractivity contribution in [3.63, 3.8) is 0 Å². The number of likely N-dealkylation sites (tertiary alicyclic amines) is 1. The summed E-state index contributed by atoms with van der Waals surface area (Å²) in [4.78, 5) is 30.5. The molecule has 3 aromatic rings. The number of fused-ring (bicyclic) bond motifs is 1. The third-order valence-corrected chi connectivity index (χ3v) is 5.55. The molecule has 1 aliphatic rings. The molecule has 8 heteroatoms. The molecular weight excluding hydrogens is 408 g/mol. The fourth-order valence-corrected chi connectivity index (χ4v) is 3.86. The number of methoxy groups -OCH3 is 1. The maximum atomic E-state index is 12.4.